The number of fused-ring (bicyclic) bond motifs is 3. The van der Waals surface area contributed by atoms with Gasteiger partial charge in [-0.1, -0.05) is 41.9 Å². The summed E-state index contributed by atoms with van der Waals surface area (Å²) >= 11 is 6.10. The first-order chi connectivity index (χ1) is 9.26. The lowest BCUT2D eigenvalue weighted by Gasteiger charge is -2.28. The summed E-state index contributed by atoms with van der Waals surface area (Å²) in [5.41, 5.74) is -2.22. The molecule has 20 heavy (non-hydrogen) atoms. The number of aryl methyl sites for hydroxylation is 1. The third kappa shape index (κ3) is 1.55. The van der Waals surface area contributed by atoms with Gasteiger partial charge in [-0.25, -0.2) is 0 Å². The van der Waals surface area contributed by atoms with Crippen molar-refractivity contribution in [3.8, 4) is 11.1 Å². The van der Waals surface area contributed by atoms with Crippen molar-refractivity contribution in [3.63, 3.8) is 0 Å². The van der Waals surface area contributed by atoms with Crippen molar-refractivity contribution in [3.05, 3.63) is 58.1 Å². The molecule has 1 N–H and O–H groups in total. The molecule has 5 heteroatoms. The predicted octanol–water partition coefficient (Wildman–Crippen LogP) is 4.43. The molecule has 0 saturated carbocycles. The summed E-state index contributed by atoms with van der Waals surface area (Å²) < 4.78 is 40.4. The summed E-state index contributed by atoms with van der Waals surface area (Å²) in [5, 5.41) is 10.6. The molecule has 1 aliphatic carbocycles. The Morgan fingerprint density at radius 3 is 2.40 bits per heavy atom. The molecular weight excluding hydrogens is 289 g/mol. The molecule has 1 atom stereocenters. The molecular formula is C15H10ClF3O. The maximum absolute atomic E-state index is 13.5. The monoisotopic (exact) mass is 298 g/mol. The van der Waals surface area contributed by atoms with Crippen LogP contribution >= 0.6 is 11.6 Å². The number of hydrogen-bond donors (Lipinski definition) is 1. The number of hydrogen-bond acceptors (Lipinski definition) is 1. The van der Waals surface area contributed by atoms with E-state index in [9.17, 15) is 18.3 Å². The van der Waals surface area contributed by atoms with Crippen LogP contribution in [0.25, 0.3) is 11.1 Å². The Labute approximate surface area is 118 Å². The van der Waals surface area contributed by atoms with Crippen LogP contribution < -0.4 is 0 Å². The molecule has 1 aliphatic rings. The fraction of sp³-hybridized carbons (Fsp3) is 0.200. The molecule has 0 spiro atoms. The van der Waals surface area contributed by atoms with Crippen molar-refractivity contribution in [2.75, 3.05) is 0 Å². The Morgan fingerprint density at radius 1 is 1.10 bits per heavy atom. The predicted molar refractivity (Wildman–Crippen MR) is 70.7 cm³/mol. The molecule has 104 valence electrons. The number of alkyl halides is 3. The first kappa shape index (κ1) is 13.5. The Balaban J connectivity index is 2.47. The van der Waals surface area contributed by atoms with Crippen LogP contribution in [0.3, 0.4) is 0 Å². The highest BCUT2D eigenvalue weighted by Gasteiger charge is 2.61. The average Bonchev–Trinajstić information content (AvgIpc) is 2.61. The van der Waals surface area contributed by atoms with Gasteiger partial charge >= 0.3 is 6.18 Å². The zero-order valence-electron chi connectivity index (χ0n) is 10.4. The van der Waals surface area contributed by atoms with Crippen molar-refractivity contribution in [2.24, 2.45) is 0 Å². The lowest BCUT2D eigenvalue weighted by Crippen LogP contribution is -2.41. The minimum atomic E-state index is -4.81. The second kappa shape index (κ2) is 3.99. The number of rotatable bonds is 0. The number of aliphatic hydroxyl groups is 1. The van der Waals surface area contributed by atoms with Crippen LogP contribution in [0.5, 0.6) is 0 Å². The molecule has 0 aliphatic heterocycles. The van der Waals surface area contributed by atoms with Gasteiger partial charge in [0.2, 0.25) is 5.60 Å². The maximum Gasteiger partial charge on any atom is 0.425 e. The third-order valence-corrected chi connectivity index (χ3v) is 3.92. The van der Waals surface area contributed by atoms with Crippen LogP contribution in [-0.4, -0.2) is 11.3 Å². The smallest absolute Gasteiger partial charge is 0.372 e. The second-order valence-electron chi connectivity index (χ2n) is 4.92. The summed E-state index contributed by atoms with van der Waals surface area (Å²) in [7, 11) is 0. The molecule has 3 rings (SSSR count). The van der Waals surface area contributed by atoms with Crippen LogP contribution in [0.2, 0.25) is 5.02 Å². The Hall–Kier alpha value is -1.52. The van der Waals surface area contributed by atoms with Gasteiger partial charge in [0, 0.05) is 21.7 Å². The van der Waals surface area contributed by atoms with E-state index in [1.165, 1.54) is 18.2 Å². The van der Waals surface area contributed by atoms with E-state index >= 15 is 0 Å². The minimum Gasteiger partial charge on any atom is -0.372 e. The molecule has 0 aromatic heterocycles. The van der Waals surface area contributed by atoms with Gasteiger partial charge in [0.1, 0.15) is 0 Å². The van der Waals surface area contributed by atoms with Gasteiger partial charge in [-0.3, -0.25) is 0 Å². The molecule has 0 radical (unpaired) electrons. The Kier molecular flexibility index (Phi) is 2.69. The highest BCUT2D eigenvalue weighted by atomic mass is 35.5. The first-order valence-corrected chi connectivity index (χ1v) is 6.34. The molecule has 0 saturated heterocycles. The van der Waals surface area contributed by atoms with Gasteiger partial charge in [-0.15, -0.1) is 0 Å². The maximum atomic E-state index is 13.5. The van der Waals surface area contributed by atoms with E-state index in [4.69, 9.17) is 11.6 Å². The van der Waals surface area contributed by atoms with Gasteiger partial charge in [0.05, 0.1) is 0 Å². The summed E-state index contributed by atoms with van der Waals surface area (Å²) in [6.45, 7) is 1.64. The average molecular weight is 299 g/mol. The van der Waals surface area contributed by atoms with E-state index in [1.54, 1.807) is 25.1 Å². The highest BCUT2D eigenvalue weighted by Crippen LogP contribution is 2.56. The zero-order valence-corrected chi connectivity index (χ0v) is 11.2. The number of halogens is 4. The molecule has 0 fully saturated rings. The topological polar surface area (TPSA) is 20.2 Å². The molecule has 1 unspecified atom stereocenters. The van der Waals surface area contributed by atoms with Gasteiger partial charge in [0.25, 0.3) is 0 Å². The fourth-order valence-electron chi connectivity index (χ4n) is 2.77. The molecule has 0 heterocycles. The van der Waals surface area contributed by atoms with Crippen LogP contribution in [0.4, 0.5) is 13.2 Å². The summed E-state index contributed by atoms with van der Waals surface area (Å²) in [6.07, 6.45) is -4.81. The van der Waals surface area contributed by atoms with Crippen LogP contribution in [0.15, 0.2) is 36.4 Å². The quantitative estimate of drug-likeness (QED) is 0.763. The zero-order chi connectivity index (χ0) is 14.7. The fourth-order valence-corrected chi connectivity index (χ4v) is 3.14. The van der Waals surface area contributed by atoms with E-state index in [0.717, 1.165) is 0 Å². The van der Waals surface area contributed by atoms with Gasteiger partial charge < -0.3 is 5.11 Å². The van der Waals surface area contributed by atoms with Gasteiger partial charge in [0.15, 0.2) is 0 Å². The van der Waals surface area contributed by atoms with E-state index < -0.39 is 11.8 Å². The number of benzene rings is 2. The summed E-state index contributed by atoms with van der Waals surface area (Å²) in [6, 6.07) is 8.87. The van der Waals surface area contributed by atoms with E-state index in [-0.39, 0.29) is 21.7 Å². The highest BCUT2D eigenvalue weighted by molar-refractivity contribution is 6.34. The largest absolute Gasteiger partial charge is 0.425 e. The molecule has 0 amide bonds. The van der Waals surface area contributed by atoms with Crippen molar-refractivity contribution < 1.29 is 18.3 Å². The van der Waals surface area contributed by atoms with Crippen molar-refractivity contribution in [1.29, 1.82) is 0 Å². The summed E-state index contributed by atoms with van der Waals surface area (Å²) in [5.74, 6) is 0. The molecule has 2 aromatic rings. The van der Waals surface area contributed by atoms with Crippen LogP contribution in [0, 0.1) is 6.92 Å². The molecule has 1 nitrogen and oxygen atoms in total. The van der Waals surface area contributed by atoms with Crippen molar-refractivity contribution in [2.45, 2.75) is 18.7 Å². The molecule has 0 bridgehead atoms. The van der Waals surface area contributed by atoms with E-state index in [0.29, 0.717) is 11.1 Å². The van der Waals surface area contributed by atoms with Crippen LogP contribution in [-0.2, 0) is 5.60 Å². The van der Waals surface area contributed by atoms with Crippen molar-refractivity contribution in [1.82, 2.24) is 0 Å². The van der Waals surface area contributed by atoms with Gasteiger partial charge in [-0.05, 0) is 24.1 Å². The first-order valence-electron chi connectivity index (χ1n) is 5.96. The van der Waals surface area contributed by atoms with E-state index in [1.807, 2.05) is 0 Å². The standard InChI is InChI=1S/C15H10ClF3O/c1-8-6-11-13(12(16)7-8)9-4-2-3-5-10(9)14(11,20)15(17,18)19/h2-7,20H,1H3. The normalized spacial score (nSPS) is 20.7. The van der Waals surface area contributed by atoms with Crippen LogP contribution in [0.1, 0.15) is 16.7 Å². The summed E-state index contributed by atoms with van der Waals surface area (Å²) in [4.78, 5) is 0. The third-order valence-electron chi connectivity index (χ3n) is 3.62. The minimum absolute atomic E-state index is 0.171. The second-order valence-corrected chi connectivity index (χ2v) is 5.33. The SMILES string of the molecule is Cc1cc(Cl)c2c(c1)C(O)(C(F)(F)F)c1ccccc1-2. The van der Waals surface area contributed by atoms with Gasteiger partial charge in [-0.2, -0.15) is 13.2 Å². The van der Waals surface area contributed by atoms with E-state index in [2.05, 4.69) is 0 Å². The van der Waals surface area contributed by atoms with Crippen molar-refractivity contribution >= 4 is 11.6 Å². The lowest BCUT2D eigenvalue weighted by atomic mass is 9.90. The Morgan fingerprint density at radius 2 is 1.75 bits per heavy atom. The Bertz CT molecular complexity index is 709. The lowest BCUT2D eigenvalue weighted by molar-refractivity contribution is -0.246. The molecule has 2 aromatic carbocycles.